The van der Waals surface area contributed by atoms with Crippen LogP contribution in [0.1, 0.15) is 18.4 Å². The summed E-state index contributed by atoms with van der Waals surface area (Å²) in [6.07, 6.45) is 5.74. The number of hydrogen-bond donors (Lipinski definition) is 1. The highest BCUT2D eigenvalue weighted by molar-refractivity contribution is 7.89. The third-order valence-corrected chi connectivity index (χ3v) is 4.96. The monoisotopic (exact) mass is 285 g/mol. The van der Waals surface area contributed by atoms with E-state index in [1.54, 1.807) is 19.4 Å². The first kappa shape index (κ1) is 16.1. The third-order valence-electron chi connectivity index (χ3n) is 3.02. The van der Waals surface area contributed by atoms with Crippen LogP contribution in [0.3, 0.4) is 0 Å². The number of hydrogen-bond acceptors (Lipinski definition) is 4. The van der Waals surface area contributed by atoms with Crippen molar-refractivity contribution in [2.75, 3.05) is 32.9 Å². The maximum atomic E-state index is 12.0. The van der Waals surface area contributed by atoms with E-state index in [4.69, 9.17) is 0 Å². The summed E-state index contributed by atoms with van der Waals surface area (Å²) >= 11 is 0. The molecule has 0 saturated heterocycles. The first-order valence-electron chi connectivity index (χ1n) is 6.54. The second-order valence-corrected chi connectivity index (χ2v) is 6.75. The van der Waals surface area contributed by atoms with Crippen LogP contribution < -0.4 is 5.32 Å². The van der Waals surface area contributed by atoms with E-state index in [1.165, 1.54) is 4.31 Å². The Morgan fingerprint density at radius 2 is 1.95 bits per heavy atom. The number of nitrogens with one attached hydrogen (secondary N) is 1. The molecule has 0 fully saturated rings. The molecular weight excluding hydrogens is 262 g/mol. The van der Waals surface area contributed by atoms with Gasteiger partial charge in [-0.1, -0.05) is 0 Å². The summed E-state index contributed by atoms with van der Waals surface area (Å²) in [5.74, 6) is 0.224. The number of aromatic nitrogens is 1. The highest BCUT2D eigenvalue weighted by Gasteiger charge is 2.16. The highest BCUT2D eigenvalue weighted by Crippen LogP contribution is 2.05. The molecule has 0 atom stereocenters. The van der Waals surface area contributed by atoms with Gasteiger partial charge in [0.05, 0.1) is 5.75 Å². The molecule has 0 bridgehead atoms. The topological polar surface area (TPSA) is 62.3 Å². The van der Waals surface area contributed by atoms with Crippen molar-refractivity contribution in [3.8, 4) is 0 Å². The standard InChI is InChI=1S/C13H23N3O2S/c1-14-8-3-4-12-19(17,18)16(2)11-7-13-5-9-15-10-6-13/h5-6,9-10,14H,3-4,7-8,11-12H2,1-2H3. The van der Waals surface area contributed by atoms with Crippen molar-refractivity contribution in [3.05, 3.63) is 30.1 Å². The van der Waals surface area contributed by atoms with Crippen LogP contribution in [0.5, 0.6) is 0 Å². The lowest BCUT2D eigenvalue weighted by Gasteiger charge is -2.17. The van der Waals surface area contributed by atoms with Gasteiger partial charge in [-0.2, -0.15) is 0 Å². The molecule has 0 aliphatic rings. The minimum atomic E-state index is -3.12. The predicted molar refractivity (Wildman–Crippen MR) is 77.5 cm³/mol. The summed E-state index contributed by atoms with van der Waals surface area (Å²) in [4.78, 5) is 3.94. The molecule has 0 aliphatic heterocycles. The van der Waals surface area contributed by atoms with Gasteiger partial charge in [-0.15, -0.1) is 0 Å². The van der Waals surface area contributed by atoms with Crippen LogP contribution >= 0.6 is 0 Å². The molecule has 19 heavy (non-hydrogen) atoms. The minimum Gasteiger partial charge on any atom is -0.320 e. The molecule has 108 valence electrons. The molecule has 0 radical (unpaired) electrons. The minimum absolute atomic E-state index is 0.224. The first-order chi connectivity index (χ1) is 9.06. The zero-order valence-corrected chi connectivity index (χ0v) is 12.5. The van der Waals surface area contributed by atoms with Crippen molar-refractivity contribution in [1.29, 1.82) is 0 Å². The van der Waals surface area contributed by atoms with Crippen molar-refractivity contribution < 1.29 is 8.42 Å². The molecule has 1 aromatic heterocycles. The van der Waals surface area contributed by atoms with Crippen molar-refractivity contribution in [2.45, 2.75) is 19.3 Å². The quantitative estimate of drug-likeness (QED) is 0.684. The second-order valence-electron chi connectivity index (χ2n) is 4.55. The van der Waals surface area contributed by atoms with Crippen LogP contribution in [0.4, 0.5) is 0 Å². The lowest BCUT2D eigenvalue weighted by molar-refractivity contribution is 0.470. The fourth-order valence-corrected chi connectivity index (χ4v) is 2.97. The maximum absolute atomic E-state index is 12.0. The molecule has 0 saturated carbocycles. The largest absolute Gasteiger partial charge is 0.320 e. The molecule has 1 aromatic rings. The number of likely N-dealkylation sites (N-methyl/N-ethyl adjacent to an activating group) is 1. The zero-order chi connectivity index (χ0) is 14.1. The van der Waals surface area contributed by atoms with E-state index < -0.39 is 10.0 Å². The van der Waals surface area contributed by atoms with Crippen LogP contribution in [-0.4, -0.2) is 50.6 Å². The normalized spacial score (nSPS) is 11.9. The maximum Gasteiger partial charge on any atom is 0.213 e. The van der Waals surface area contributed by atoms with Crippen LogP contribution in [-0.2, 0) is 16.4 Å². The Bertz CT molecular complexity index is 448. The van der Waals surface area contributed by atoms with E-state index in [1.807, 2.05) is 19.2 Å². The Balaban J connectivity index is 2.37. The number of rotatable bonds is 9. The summed E-state index contributed by atoms with van der Waals surface area (Å²) in [6.45, 7) is 1.37. The number of unbranched alkanes of at least 4 members (excludes halogenated alkanes) is 1. The molecule has 5 nitrogen and oxygen atoms in total. The SMILES string of the molecule is CNCCCCS(=O)(=O)N(C)CCc1ccncc1. The molecule has 0 spiro atoms. The van der Waals surface area contributed by atoms with Crippen molar-refractivity contribution in [1.82, 2.24) is 14.6 Å². The Hall–Kier alpha value is -0.980. The van der Waals surface area contributed by atoms with Gasteiger partial charge in [0.25, 0.3) is 0 Å². The van der Waals surface area contributed by atoms with Gasteiger partial charge < -0.3 is 5.32 Å². The first-order valence-corrected chi connectivity index (χ1v) is 8.14. The summed E-state index contributed by atoms with van der Waals surface area (Å²) in [5.41, 5.74) is 1.10. The van der Waals surface area contributed by atoms with Crippen LogP contribution in [0, 0.1) is 0 Å². The van der Waals surface area contributed by atoms with Crippen LogP contribution in [0.25, 0.3) is 0 Å². The van der Waals surface area contributed by atoms with Crippen molar-refractivity contribution in [3.63, 3.8) is 0 Å². The van der Waals surface area contributed by atoms with Crippen LogP contribution in [0.15, 0.2) is 24.5 Å². The van der Waals surface area contributed by atoms with Gasteiger partial charge >= 0.3 is 0 Å². The van der Waals surface area contributed by atoms with Gasteiger partial charge in [-0.05, 0) is 50.6 Å². The average molecular weight is 285 g/mol. The van der Waals surface area contributed by atoms with E-state index in [-0.39, 0.29) is 5.75 Å². The molecule has 0 aromatic carbocycles. The van der Waals surface area contributed by atoms with Gasteiger partial charge in [0.1, 0.15) is 0 Å². The number of nitrogens with zero attached hydrogens (tertiary/aromatic N) is 2. The summed E-state index contributed by atoms with van der Waals surface area (Å²) in [6, 6.07) is 3.82. The van der Waals surface area contributed by atoms with Gasteiger partial charge in [0.15, 0.2) is 0 Å². The number of pyridine rings is 1. The van der Waals surface area contributed by atoms with Crippen molar-refractivity contribution in [2.24, 2.45) is 0 Å². The molecule has 0 unspecified atom stereocenters. The third kappa shape index (κ3) is 6.13. The van der Waals surface area contributed by atoms with Crippen LogP contribution in [0.2, 0.25) is 0 Å². The predicted octanol–water partition coefficient (Wildman–Crippen LogP) is 0.885. The Morgan fingerprint density at radius 1 is 1.26 bits per heavy atom. The Morgan fingerprint density at radius 3 is 2.58 bits per heavy atom. The van der Waals surface area contributed by atoms with E-state index in [0.29, 0.717) is 13.0 Å². The molecule has 0 aliphatic carbocycles. The van der Waals surface area contributed by atoms with Crippen molar-refractivity contribution >= 4 is 10.0 Å². The van der Waals surface area contributed by atoms with Gasteiger partial charge in [0.2, 0.25) is 10.0 Å². The average Bonchev–Trinajstić information content (AvgIpc) is 2.42. The highest BCUT2D eigenvalue weighted by atomic mass is 32.2. The van der Waals surface area contributed by atoms with E-state index in [9.17, 15) is 8.42 Å². The van der Waals surface area contributed by atoms with E-state index in [0.717, 1.165) is 24.9 Å². The molecule has 1 heterocycles. The smallest absolute Gasteiger partial charge is 0.213 e. The lowest BCUT2D eigenvalue weighted by atomic mass is 10.2. The molecule has 0 amide bonds. The lowest BCUT2D eigenvalue weighted by Crippen LogP contribution is -2.31. The molecule has 6 heteroatoms. The van der Waals surface area contributed by atoms with E-state index >= 15 is 0 Å². The zero-order valence-electron chi connectivity index (χ0n) is 11.7. The molecule has 1 rings (SSSR count). The van der Waals surface area contributed by atoms with Gasteiger partial charge in [-0.3, -0.25) is 4.98 Å². The van der Waals surface area contributed by atoms with Gasteiger partial charge in [-0.25, -0.2) is 12.7 Å². The van der Waals surface area contributed by atoms with Gasteiger partial charge in [0, 0.05) is 26.0 Å². The summed E-state index contributed by atoms with van der Waals surface area (Å²) in [7, 11) is 0.397. The van der Waals surface area contributed by atoms with E-state index in [2.05, 4.69) is 10.3 Å². The summed E-state index contributed by atoms with van der Waals surface area (Å²) in [5, 5.41) is 3.02. The second kappa shape index (κ2) is 8.24. The Labute approximate surface area is 116 Å². The summed E-state index contributed by atoms with van der Waals surface area (Å²) < 4.78 is 25.5. The molecular formula is C13H23N3O2S. The molecule has 1 N–H and O–H groups in total. The number of sulfonamides is 1. The fourth-order valence-electron chi connectivity index (χ4n) is 1.72. The Kier molecular flexibility index (Phi) is 6.97. The fraction of sp³-hybridized carbons (Fsp3) is 0.615.